The molecule has 0 bridgehead atoms. The van der Waals surface area contributed by atoms with Crippen LogP contribution in [0.5, 0.6) is 0 Å². The zero-order chi connectivity index (χ0) is 20.4. The SMILES string of the molecule is FC(F)(F)C(=C(SSCc1ccccc1)C(F)(F)C(F)(F)F)C(F)(F)F. The van der Waals surface area contributed by atoms with Crippen LogP contribution in [0.3, 0.4) is 0 Å². The van der Waals surface area contributed by atoms with E-state index < -0.39 is 51.5 Å². The lowest BCUT2D eigenvalue weighted by Gasteiger charge is -2.26. The van der Waals surface area contributed by atoms with Crippen LogP contribution in [0, 0.1) is 0 Å². The summed E-state index contributed by atoms with van der Waals surface area (Å²) in [5.41, 5.74) is -3.57. The molecule has 0 aliphatic rings. The van der Waals surface area contributed by atoms with E-state index >= 15 is 0 Å². The minimum atomic E-state index is -6.63. The van der Waals surface area contributed by atoms with E-state index in [9.17, 15) is 48.3 Å². The molecule has 0 unspecified atom stereocenters. The van der Waals surface area contributed by atoms with Crippen LogP contribution in [0.15, 0.2) is 40.8 Å². The summed E-state index contributed by atoms with van der Waals surface area (Å²) in [5.74, 6) is -6.73. The summed E-state index contributed by atoms with van der Waals surface area (Å²) in [4.78, 5) is -3.15. The second-order valence-electron chi connectivity index (χ2n) is 4.60. The molecule has 13 heteroatoms. The molecule has 0 nitrogen and oxygen atoms in total. The van der Waals surface area contributed by atoms with Gasteiger partial charge in [-0.25, -0.2) is 0 Å². The predicted molar refractivity (Wildman–Crippen MR) is 75.5 cm³/mol. The number of benzene rings is 1. The number of allylic oxidation sites excluding steroid dienone is 2. The van der Waals surface area contributed by atoms with Gasteiger partial charge in [0, 0.05) is 5.75 Å². The van der Waals surface area contributed by atoms with Crippen LogP contribution in [-0.4, -0.2) is 24.5 Å². The van der Waals surface area contributed by atoms with E-state index in [-0.39, 0.29) is 10.8 Å². The maximum atomic E-state index is 13.4. The number of halogens is 11. The van der Waals surface area contributed by atoms with Crippen molar-refractivity contribution in [2.75, 3.05) is 0 Å². The fourth-order valence-corrected chi connectivity index (χ4v) is 4.07. The first-order chi connectivity index (χ1) is 11.6. The van der Waals surface area contributed by atoms with Gasteiger partial charge < -0.3 is 0 Å². The molecular weight excluding hydrogens is 429 g/mol. The first-order valence-corrected chi connectivity index (χ1v) is 8.57. The third-order valence-corrected chi connectivity index (χ3v) is 5.05. The van der Waals surface area contributed by atoms with Crippen molar-refractivity contribution in [2.24, 2.45) is 0 Å². The van der Waals surface area contributed by atoms with Crippen LogP contribution in [0.2, 0.25) is 0 Å². The number of rotatable bonds is 5. The van der Waals surface area contributed by atoms with E-state index in [2.05, 4.69) is 0 Å². The Morgan fingerprint density at radius 3 is 1.58 bits per heavy atom. The smallest absolute Gasteiger partial charge is 0.190 e. The highest BCUT2D eigenvalue weighted by atomic mass is 33.1. The van der Waals surface area contributed by atoms with Crippen LogP contribution < -0.4 is 0 Å². The van der Waals surface area contributed by atoms with Gasteiger partial charge in [-0.3, -0.25) is 0 Å². The number of hydrogen-bond acceptors (Lipinski definition) is 2. The van der Waals surface area contributed by atoms with Crippen LogP contribution in [0.25, 0.3) is 0 Å². The van der Waals surface area contributed by atoms with Gasteiger partial charge in [0.2, 0.25) is 0 Å². The second-order valence-corrected chi connectivity index (χ2v) is 6.91. The Labute approximate surface area is 147 Å². The number of alkyl halides is 11. The zero-order valence-corrected chi connectivity index (χ0v) is 13.7. The molecule has 26 heavy (non-hydrogen) atoms. The summed E-state index contributed by atoms with van der Waals surface area (Å²) in [6.45, 7) is 0. The van der Waals surface area contributed by atoms with Gasteiger partial charge in [0.1, 0.15) is 0 Å². The molecule has 0 heterocycles. The summed E-state index contributed by atoms with van der Waals surface area (Å²) in [6, 6.07) is 7.15. The Morgan fingerprint density at radius 1 is 0.731 bits per heavy atom. The molecule has 0 aromatic heterocycles. The molecular formula is C13H7F11S2. The normalized spacial score (nSPS) is 13.7. The van der Waals surface area contributed by atoms with E-state index in [4.69, 9.17) is 0 Å². The van der Waals surface area contributed by atoms with Gasteiger partial charge in [0.05, 0.1) is 4.91 Å². The maximum absolute atomic E-state index is 13.4. The van der Waals surface area contributed by atoms with Crippen molar-refractivity contribution in [3.63, 3.8) is 0 Å². The highest BCUT2D eigenvalue weighted by Gasteiger charge is 2.66. The minimum Gasteiger partial charge on any atom is -0.190 e. The Bertz CT molecular complexity index is 610. The van der Waals surface area contributed by atoms with Gasteiger partial charge >= 0.3 is 24.5 Å². The van der Waals surface area contributed by atoms with Gasteiger partial charge in [0.15, 0.2) is 5.57 Å². The predicted octanol–water partition coefficient (Wildman–Crippen LogP) is 7.14. The first kappa shape index (κ1) is 22.9. The minimum absolute atomic E-state index is 0.00322. The zero-order valence-electron chi connectivity index (χ0n) is 12.1. The Kier molecular flexibility index (Phi) is 6.94. The van der Waals surface area contributed by atoms with E-state index in [0.717, 1.165) is 0 Å². The molecule has 1 aromatic carbocycles. The Hall–Kier alpha value is -1.11. The molecule has 0 aliphatic heterocycles. The van der Waals surface area contributed by atoms with Crippen LogP contribution >= 0.6 is 21.6 Å². The van der Waals surface area contributed by atoms with Crippen LogP contribution in [0.1, 0.15) is 5.56 Å². The van der Waals surface area contributed by atoms with Gasteiger partial charge in [0.25, 0.3) is 0 Å². The topological polar surface area (TPSA) is 0 Å². The molecule has 0 saturated heterocycles. The largest absolute Gasteiger partial charge is 0.458 e. The molecule has 0 atom stereocenters. The van der Waals surface area contributed by atoms with Crippen LogP contribution in [-0.2, 0) is 5.75 Å². The van der Waals surface area contributed by atoms with Crippen molar-refractivity contribution < 1.29 is 48.3 Å². The van der Waals surface area contributed by atoms with Crippen LogP contribution in [0.4, 0.5) is 48.3 Å². The quantitative estimate of drug-likeness (QED) is 0.355. The van der Waals surface area contributed by atoms with Crippen molar-refractivity contribution in [3.8, 4) is 0 Å². The average Bonchev–Trinajstić information content (AvgIpc) is 2.43. The third kappa shape index (κ3) is 5.69. The summed E-state index contributed by atoms with van der Waals surface area (Å²) in [6.07, 6.45) is -19.5. The molecule has 1 aromatic rings. The lowest BCUT2D eigenvalue weighted by Crippen LogP contribution is -2.41. The summed E-state index contributed by atoms with van der Waals surface area (Å²) in [7, 11) is -0.905. The Balaban J connectivity index is 3.36. The molecule has 148 valence electrons. The first-order valence-electron chi connectivity index (χ1n) is 6.25. The highest BCUT2D eigenvalue weighted by Crippen LogP contribution is 2.55. The van der Waals surface area contributed by atoms with E-state index in [1.807, 2.05) is 0 Å². The molecule has 0 spiro atoms. The van der Waals surface area contributed by atoms with Gasteiger partial charge in [-0.1, -0.05) is 51.9 Å². The molecule has 1 rings (SSSR count). The molecule has 0 amide bonds. The van der Waals surface area contributed by atoms with Gasteiger partial charge in [-0.2, -0.15) is 48.3 Å². The molecule has 0 N–H and O–H groups in total. The monoisotopic (exact) mass is 436 g/mol. The van der Waals surface area contributed by atoms with Crippen molar-refractivity contribution in [1.29, 1.82) is 0 Å². The number of hydrogen-bond donors (Lipinski definition) is 0. The summed E-state index contributed by atoms with van der Waals surface area (Å²) in [5, 5.41) is 0. The lowest BCUT2D eigenvalue weighted by molar-refractivity contribution is -0.264. The molecule has 0 saturated carbocycles. The van der Waals surface area contributed by atoms with Crippen molar-refractivity contribution >= 4 is 21.6 Å². The molecule has 0 radical (unpaired) electrons. The summed E-state index contributed by atoms with van der Waals surface area (Å²) < 4.78 is 140. The standard InChI is InChI=1S/C13H7F11S2/c14-10(15,13(22,23)24)9(8(11(16,17)18)12(19,20)21)26-25-6-7-4-2-1-3-5-7/h1-5H,6H2. The van der Waals surface area contributed by atoms with Gasteiger partial charge in [-0.15, -0.1) is 0 Å². The lowest BCUT2D eigenvalue weighted by atomic mass is 10.1. The second kappa shape index (κ2) is 7.87. The third-order valence-electron chi connectivity index (χ3n) is 2.65. The van der Waals surface area contributed by atoms with Crippen molar-refractivity contribution in [3.05, 3.63) is 46.4 Å². The fourth-order valence-electron chi connectivity index (χ4n) is 1.53. The van der Waals surface area contributed by atoms with E-state index in [1.54, 1.807) is 0 Å². The maximum Gasteiger partial charge on any atom is 0.458 e. The van der Waals surface area contributed by atoms with E-state index in [1.165, 1.54) is 30.3 Å². The van der Waals surface area contributed by atoms with Crippen molar-refractivity contribution in [1.82, 2.24) is 0 Å². The van der Waals surface area contributed by atoms with Gasteiger partial charge in [-0.05, 0) is 5.56 Å². The Morgan fingerprint density at radius 2 is 1.19 bits per heavy atom. The molecule has 0 aliphatic carbocycles. The van der Waals surface area contributed by atoms with E-state index in [0.29, 0.717) is 5.56 Å². The van der Waals surface area contributed by atoms with Crippen molar-refractivity contribution in [2.45, 2.75) is 30.2 Å². The molecule has 0 fully saturated rings. The summed E-state index contributed by atoms with van der Waals surface area (Å²) >= 11 is 0. The average molecular weight is 436 g/mol. The highest BCUT2D eigenvalue weighted by molar-refractivity contribution is 8.77. The fraction of sp³-hybridized carbons (Fsp3) is 0.385.